The van der Waals surface area contributed by atoms with Gasteiger partial charge < -0.3 is 9.84 Å². The number of carbonyl (C=O) groups excluding carboxylic acids is 2. The number of rotatable bonds is 3. The molecule has 1 aromatic carbocycles. The minimum absolute atomic E-state index is 0.0773. The Hall–Kier alpha value is -2.63. The molecule has 21 heavy (non-hydrogen) atoms. The van der Waals surface area contributed by atoms with Crippen LogP contribution < -0.4 is 5.32 Å². The lowest BCUT2D eigenvalue weighted by Crippen LogP contribution is -2.40. The van der Waals surface area contributed by atoms with Crippen LogP contribution in [0.4, 0.5) is 4.79 Å². The summed E-state index contributed by atoms with van der Waals surface area (Å²) in [6.45, 7) is 3.56. The summed E-state index contributed by atoms with van der Waals surface area (Å²) >= 11 is 0. The molecule has 1 saturated heterocycles. The highest BCUT2D eigenvalue weighted by Crippen LogP contribution is 2.29. The number of benzene rings is 1. The minimum Gasteiger partial charge on any atom is -0.359 e. The van der Waals surface area contributed by atoms with E-state index in [0.717, 1.165) is 10.5 Å². The fourth-order valence-electron chi connectivity index (χ4n) is 2.45. The van der Waals surface area contributed by atoms with Crippen molar-refractivity contribution < 1.29 is 14.1 Å². The summed E-state index contributed by atoms with van der Waals surface area (Å²) in [5.41, 5.74) is 0.412. The molecule has 108 valence electrons. The van der Waals surface area contributed by atoms with Crippen molar-refractivity contribution in [2.24, 2.45) is 0 Å². The predicted octanol–water partition coefficient (Wildman–Crippen LogP) is 1.95. The van der Waals surface area contributed by atoms with Crippen LogP contribution in [-0.2, 0) is 16.9 Å². The molecule has 1 aromatic heterocycles. The summed E-state index contributed by atoms with van der Waals surface area (Å²) in [6.07, 6.45) is 0. The molecule has 1 aliphatic rings. The number of aromatic nitrogens is 1. The zero-order valence-corrected chi connectivity index (χ0v) is 11.8. The molecule has 6 heteroatoms. The molecule has 1 N–H and O–H groups in total. The monoisotopic (exact) mass is 285 g/mol. The molecule has 0 bridgehead atoms. The standard InChI is InChI=1S/C15H15N3O3/c1-10-8-12(21-17-10)9-18-13(19)15(2,16-14(18)20)11-6-4-3-5-7-11/h3-8H,9H2,1-2H3,(H,16,20). The second-order valence-corrected chi connectivity index (χ2v) is 5.25. The van der Waals surface area contributed by atoms with Crippen molar-refractivity contribution >= 4 is 11.9 Å². The van der Waals surface area contributed by atoms with Gasteiger partial charge in [-0.25, -0.2) is 4.79 Å². The Morgan fingerprint density at radius 2 is 2.00 bits per heavy atom. The molecule has 0 saturated carbocycles. The van der Waals surface area contributed by atoms with Gasteiger partial charge in [0.1, 0.15) is 5.54 Å². The lowest BCUT2D eigenvalue weighted by Gasteiger charge is -2.21. The Kier molecular flexibility index (Phi) is 3.01. The molecule has 3 rings (SSSR count). The number of nitrogens with zero attached hydrogens (tertiary/aromatic N) is 2. The van der Waals surface area contributed by atoms with Gasteiger partial charge in [0.25, 0.3) is 5.91 Å². The summed E-state index contributed by atoms with van der Waals surface area (Å²) in [4.78, 5) is 25.9. The van der Waals surface area contributed by atoms with Gasteiger partial charge in [-0.1, -0.05) is 35.5 Å². The first kappa shape index (κ1) is 13.4. The Labute approximate surface area is 121 Å². The van der Waals surface area contributed by atoms with Crippen molar-refractivity contribution in [2.45, 2.75) is 25.9 Å². The minimum atomic E-state index is -1.05. The fraction of sp³-hybridized carbons (Fsp3) is 0.267. The van der Waals surface area contributed by atoms with E-state index in [2.05, 4.69) is 10.5 Å². The average molecular weight is 285 g/mol. The van der Waals surface area contributed by atoms with E-state index in [-0.39, 0.29) is 12.5 Å². The summed E-state index contributed by atoms with van der Waals surface area (Å²) in [7, 11) is 0. The van der Waals surface area contributed by atoms with E-state index in [1.807, 2.05) is 30.3 Å². The molecule has 6 nitrogen and oxygen atoms in total. The molecule has 0 aliphatic carbocycles. The second-order valence-electron chi connectivity index (χ2n) is 5.25. The Balaban J connectivity index is 1.88. The molecule has 1 atom stereocenters. The molecule has 1 aliphatic heterocycles. The molecule has 1 unspecified atom stereocenters. The van der Waals surface area contributed by atoms with Gasteiger partial charge in [-0.05, 0) is 19.4 Å². The zero-order chi connectivity index (χ0) is 15.0. The van der Waals surface area contributed by atoms with Gasteiger partial charge in [-0.3, -0.25) is 9.69 Å². The molecule has 2 heterocycles. The lowest BCUT2D eigenvalue weighted by atomic mass is 9.92. The fourth-order valence-corrected chi connectivity index (χ4v) is 2.45. The van der Waals surface area contributed by atoms with Crippen LogP contribution in [0.25, 0.3) is 0 Å². The Bertz CT molecular complexity index is 695. The number of nitrogens with one attached hydrogen (secondary N) is 1. The van der Waals surface area contributed by atoms with Crippen LogP contribution in [0.3, 0.4) is 0 Å². The van der Waals surface area contributed by atoms with Crippen LogP contribution >= 0.6 is 0 Å². The van der Waals surface area contributed by atoms with Crippen LogP contribution in [0, 0.1) is 6.92 Å². The number of imide groups is 1. The Morgan fingerprint density at radius 1 is 1.29 bits per heavy atom. The van der Waals surface area contributed by atoms with Gasteiger partial charge in [-0.2, -0.15) is 0 Å². The second kappa shape index (κ2) is 4.73. The van der Waals surface area contributed by atoms with Crippen molar-refractivity contribution in [3.05, 3.63) is 53.4 Å². The van der Waals surface area contributed by atoms with E-state index in [0.29, 0.717) is 11.5 Å². The summed E-state index contributed by atoms with van der Waals surface area (Å²) in [6, 6.07) is 10.5. The summed E-state index contributed by atoms with van der Waals surface area (Å²) in [5, 5.41) is 6.51. The normalized spacial score (nSPS) is 21.7. The number of carbonyl (C=O) groups is 2. The number of hydrogen-bond acceptors (Lipinski definition) is 4. The quantitative estimate of drug-likeness (QED) is 0.875. The maximum atomic E-state index is 12.6. The highest BCUT2D eigenvalue weighted by molar-refractivity contribution is 6.07. The van der Waals surface area contributed by atoms with Crippen molar-refractivity contribution in [1.82, 2.24) is 15.4 Å². The average Bonchev–Trinajstić information content (AvgIpc) is 2.98. The van der Waals surface area contributed by atoms with Crippen molar-refractivity contribution in [3.63, 3.8) is 0 Å². The third-order valence-electron chi connectivity index (χ3n) is 3.62. The van der Waals surface area contributed by atoms with Gasteiger partial charge in [0.2, 0.25) is 0 Å². The topological polar surface area (TPSA) is 75.4 Å². The molecule has 3 amide bonds. The van der Waals surface area contributed by atoms with E-state index < -0.39 is 11.6 Å². The highest BCUT2D eigenvalue weighted by atomic mass is 16.5. The SMILES string of the molecule is Cc1cc(CN2C(=O)NC(C)(c3ccccc3)C2=O)on1. The number of amides is 3. The first-order chi connectivity index (χ1) is 10.0. The molecule has 0 spiro atoms. The van der Waals surface area contributed by atoms with Crippen molar-refractivity contribution in [1.29, 1.82) is 0 Å². The van der Waals surface area contributed by atoms with Crippen LogP contribution in [0.5, 0.6) is 0 Å². The van der Waals surface area contributed by atoms with Gasteiger partial charge in [0.15, 0.2) is 5.76 Å². The van der Waals surface area contributed by atoms with E-state index in [9.17, 15) is 9.59 Å². The lowest BCUT2D eigenvalue weighted by molar-refractivity contribution is -0.131. The van der Waals surface area contributed by atoms with Crippen molar-refractivity contribution in [3.8, 4) is 0 Å². The van der Waals surface area contributed by atoms with Gasteiger partial charge >= 0.3 is 6.03 Å². The number of urea groups is 1. The van der Waals surface area contributed by atoms with Gasteiger partial charge in [0, 0.05) is 6.07 Å². The molecular weight excluding hydrogens is 270 g/mol. The first-order valence-electron chi connectivity index (χ1n) is 6.62. The van der Waals surface area contributed by atoms with Crippen LogP contribution in [0.2, 0.25) is 0 Å². The smallest absolute Gasteiger partial charge is 0.325 e. The van der Waals surface area contributed by atoms with Gasteiger partial charge in [-0.15, -0.1) is 0 Å². The van der Waals surface area contributed by atoms with E-state index in [4.69, 9.17) is 4.52 Å². The number of hydrogen-bond donors (Lipinski definition) is 1. The third kappa shape index (κ3) is 2.18. The maximum absolute atomic E-state index is 12.6. The molecule has 0 radical (unpaired) electrons. The molecular formula is C15H15N3O3. The van der Waals surface area contributed by atoms with Crippen LogP contribution in [-0.4, -0.2) is 22.0 Å². The highest BCUT2D eigenvalue weighted by Gasteiger charge is 2.49. The Morgan fingerprint density at radius 3 is 2.62 bits per heavy atom. The third-order valence-corrected chi connectivity index (χ3v) is 3.62. The van der Waals surface area contributed by atoms with Gasteiger partial charge in [0.05, 0.1) is 12.2 Å². The zero-order valence-electron chi connectivity index (χ0n) is 11.8. The maximum Gasteiger partial charge on any atom is 0.325 e. The van der Waals surface area contributed by atoms with Crippen LogP contribution in [0.15, 0.2) is 40.9 Å². The van der Waals surface area contributed by atoms with E-state index in [1.165, 1.54) is 0 Å². The molecule has 2 aromatic rings. The molecule has 1 fully saturated rings. The largest absolute Gasteiger partial charge is 0.359 e. The van der Waals surface area contributed by atoms with E-state index >= 15 is 0 Å². The van der Waals surface area contributed by atoms with E-state index in [1.54, 1.807) is 19.9 Å². The summed E-state index contributed by atoms with van der Waals surface area (Å²) < 4.78 is 5.07. The first-order valence-corrected chi connectivity index (χ1v) is 6.62. The number of aryl methyl sites for hydroxylation is 1. The summed E-state index contributed by atoms with van der Waals surface area (Å²) in [5.74, 6) is 0.182. The van der Waals surface area contributed by atoms with Crippen LogP contribution in [0.1, 0.15) is 23.9 Å². The predicted molar refractivity (Wildman–Crippen MR) is 74.1 cm³/mol. The van der Waals surface area contributed by atoms with Crippen molar-refractivity contribution in [2.75, 3.05) is 0 Å².